The molecule has 0 heterocycles. The molecule has 2 aromatic carbocycles. The Morgan fingerprint density at radius 3 is 2.30 bits per heavy atom. The third kappa shape index (κ3) is 3.32. The van der Waals surface area contributed by atoms with Gasteiger partial charge >= 0.3 is 0 Å². The number of hydrogen-bond donors (Lipinski definition) is 2. The molecule has 0 bridgehead atoms. The fourth-order valence-corrected chi connectivity index (χ4v) is 2.13. The van der Waals surface area contributed by atoms with Gasteiger partial charge in [-0.1, -0.05) is 6.07 Å². The van der Waals surface area contributed by atoms with Gasteiger partial charge in [-0.3, -0.25) is 0 Å². The van der Waals surface area contributed by atoms with Gasteiger partial charge < -0.3 is 10.4 Å². The highest BCUT2D eigenvalue weighted by atomic mass is 79.9. The first-order valence-corrected chi connectivity index (χ1v) is 6.59. The molecule has 0 aromatic heterocycles. The van der Waals surface area contributed by atoms with Gasteiger partial charge in [-0.25, -0.2) is 13.2 Å². The number of hydrogen-bond acceptors (Lipinski definition) is 2. The summed E-state index contributed by atoms with van der Waals surface area (Å²) in [6, 6.07) is 7.56. The lowest BCUT2D eigenvalue weighted by Crippen LogP contribution is -2.15. The van der Waals surface area contributed by atoms with Crippen LogP contribution in [-0.4, -0.2) is 11.7 Å². The first-order valence-electron chi connectivity index (χ1n) is 5.80. The Bertz CT molecular complexity index is 601. The monoisotopic (exact) mass is 345 g/mol. The highest BCUT2D eigenvalue weighted by Gasteiger charge is 2.17. The Morgan fingerprint density at radius 1 is 1.05 bits per heavy atom. The molecular weight excluding hydrogens is 335 g/mol. The fourth-order valence-electron chi connectivity index (χ4n) is 1.75. The molecule has 1 atom stereocenters. The minimum atomic E-state index is -1.35. The molecule has 2 rings (SSSR count). The van der Waals surface area contributed by atoms with Gasteiger partial charge in [0.15, 0.2) is 0 Å². The smallest absolute Gasteiger partial charge is 0.137 e. The first kappa shape index (κ1) is 14.9. The quantitative estimate of drug-likeness (QED) is 0.877. The van der Waals surface area contributed by atoms with Crippen LogP contribution < -0.4 is 5.32 Å². The number of aliphatic hydroxyl groups excluding tert-OH is 1. The van der Waals surface area contributed by atoms with Gasteiger partial charge in [0.1, 0.15) is 23.6 Å². The average molecular weight is 346 g/mol. The summed E-state index contributed by atoms with van der Waals surface area (Å²) in [4.78, 5) is 0. The van der Waals surface area contributed by atoms with Crippen molar-refractivity contribution >= 4 is 21.6 Å². The summed E-state index contributed by atoms with van der Waals surface area (Å²) in [6.07, 6.45) is -1.35. The molecule has 106 valence electrons. The van der Waals surface area contributed by atoms with Crippen LogP contribution in [0.25, 0.3) is 0 Å². The normalized spacial score (nSPS) is 12.2. The average Bonchev–Trinajstić information content (AvgIpc) is 2.40. The van der Waals surface area contributed by atoms with Crippen LogP contribution in [0, 0.1) is 17.5 Å². The number of benzene rings is 2. The van der Waals surface area contributed by atoms with Crippen LogP contribution in [0.4, 0.5) is 18.9 Å². The van der Waals surface area contributed by atoms with Crippen LogP contribution in [0.5, 0.6) is 0 Å². The number of rotatable bonds is 4. The second-order valence-corrected chi connectivity index (χ2v) is 5.02. The highest BCUT2D eigenvalue weighted by molar-refractivity contribution is 9.10. The standard InChI is InChI=1S/C14H11BrF3NO/c15-9-6-8(4-5-10(9)16)19-7-13(20)14-11(17)2-1-3-12(14)18/h1-6,13,19-20H,7H2. The van der Waals surface area contributed by atoms with Crippen LogP contribution in [-0.2, 0) is 0 Å². The van der Waals surface area contributed by atoms with Crippen molar-refractivity contribution in [2.75, 3.05) is 11.9 Å². The number of nitrogens with one attached hydrogen (secondary N) is 1. The maximum Gasteiger partial charge on any atom is 0.137 e. The van der Waals surface area contributed by atoms with Crippen LogP contribution >= 0.6 is 15.9 Å². The van der Waals surface area contributed by atoms with Crippen LogP contribution in [0.3, 0.4) is 0 Å². The van der Waals surface area contributed by atoms with Crippen molar-refractivity contribution in [3.8, 4) is 0 Å². The third-order valence-electron chi connectivity index (χ3n) is 2.75. The van der Waals surface area contributed by atoms with E-state index in [9.17, 15) is 18.3 Å². The summed E-state index contributed by atoms with van der Waals surface area (Å²) < 4.78 is 40.2. The van der Waals surface area contributed by atoms with E-state index >= 15 is 0 Å². The lowest BCUT2D eigenvalue weighted by molar-refractivity contribution is 0.181. The van der Waals surface area contributed by atoms with E-state index in [1.807, 2.05) is 0 Å². The number of anilines is 1. The van der Waals surface area contributed by atoms with Gasteiger partial charge in [0.05, 0.1) is 10.0 Å². The Hall–Kier alpha value is -1.53. The van der Waals surface area contributed by atoms with E-state index in [-0.39, 0.29) is 16.6 Å². The molecular formula is C14H11BrF3NO. The lowest BCUT2D eigenvalue weighted by atomic mass is 10.1. The van der Waals surface area contributed by atoms with E-state index in [0.29, 0.717) is 5.69 Å². The predicted octanol–water partition coefficient (Wildman–Crippen LogP) is 4.01. The molecule has 0 amide bonds. The molecule has 20 heavy (non-hydrogen) atoms. The SMILES string of the molecule is OC(CNc1ccc(F)c(Br)c1)c1c(F)cccc1F. The second kappa shape index (κ2) is 6.28. The van der Waals surface area contributed by atoms with Crippen molar-refractivity contribution < 1.29 is 18.3 Å². The fraction of sp³-hybridized carbons (Fsp3) is 0.143. The molecule has 2 nitrogen and oxygen atoms in total. The summed E-state index contributed by atoms with van der Waals surface area (Å²) in [6.45, 7) is -0.101. The van der Waals surface area contributed by atoms with E-state index < -0.39 is 23.6 Å². The summed E-state index contributed by atoms with van der Waals surface area (Å²) in [5.41, 5.74) is 0.134. The maximum absolute atomic E-state index is 13.5. The van der Waals surface area contributed by atoms with Gasteiger partial charge in [0.2, 0.25) is 0 Å². The second-order valence-electron chi connectivity index (χ2n) is 4.16. The molecule has 2 aromatic rings. The zero-order chi connectivity index (χ0) is 14.7. The summed E-state index contributed by atoms with van der Waals surface area (Å²) >= 11 is 3.02. The summed E-state index contributed by atoms with van der Waals surface area (Å²) in [5.74, 6) is -2.03. The van der Waals surface area contributed by atoms with Crippen molar-refractivity contribution in [1.82, 2.24) is 0 Å². The van der Waals surface area contributed by atoms with E-state index in [1.165, 1.54) is 24.3 Å². The Balaban J connectivity index is 2.08. The van der Waals surface area contributed by atoms with Crippen molar-refractivity contribution in [1.29, 1.82) is 0 Å². The van der Waals surface area contributed by atoms with Gasteiger partial charge in [0, 0.05) is 12.2 Å². The Kier molecular flexibility index (Phi) is 4.67. The topological polar surface area (TPSA) is 32.3 Å². The molecule has 0 aliphatic heterocycles. The van der Waals surface area contributed by atoms with Gasteiger partial charge in [-0.05, 0) is 46.3 Å². The molecule has 0 radical (unpaired) electrons. The molecule has 0 saturated heterocycles. The molecule has 0 spiro atoms. The van der Waals surface area contributed by atoms with Crippen molar-refractivity contribution in [3.05, 3.63) is 63.9 Å². The lowest BCUT2D eigenvalue weighted by Gasteiger charge is -2.15. The zero-order valence-electron chi connectivity index (χ0n) is 10.2. The molecule has 6 heteroatoms. The molecule has 0 fully saturated rings. The minimum Gasteiger partial charge on any atom is -0.386 e. The Morgan fingerprint density at radius 2 is 1.70 bits per heavy atom. The van der Waals surface area contributed by atoms with Crippen molar-refractivity contribution in [2.45, 2.75) is 6.10 Å². The molecule has 1 unspecified atom stereocenters. The van der Waals surface area contributed by atoms with E-state index in [2.05, 4.69) is 21.2 Å². The highest BCUT2D eigenvalue weighted by Crippen LogP contribution is 2.23. The van der Waals surface area contributed by atoms with Crippen molar-refractivity contribution in [3.63, 3.8) is 0 Å². The third-order valence-corrected chi connectivity index (χ3v) is 3.36. The van der Waals surface area contributed by atoms with E-state index in [4.69, 9.17) is 0 Å². The zero-order valence-corrected chi connectivity index (χ0v) is 11.8. The summed E-state index contributed by atoms with van der Waals surface area (Å²) in [7, 11) is 0. The maximum atomic E-state index is 13.5. The minimum absolute atomic E-state index is 0.101. The van der Waals surface area contributed by atoms with Gasteiger partial charge in [0.25, 0.3) is 0 Å². The Labute approximate surface area is 122 Å². The van der Waals surface area contributed by atoms with E-state index in [1.54, 1.807) is 0 Å². The van der Waals surface area contributed by atoms with Gasteiger partial charge in [-0.2, -0.15) is 0 Å². The molecule has 0 aliphatic carbocycles. The van der Waals surface area contributed by atoms with Gasteiger partial charge in [-0.15, -0.1) is 0 Å². The molecule has 2 N–H and O–H groups in total. The molecule has 0 saturated carbocycles. The predicted molar refractivity (Wildman–Crippen MR) is 73.9 cm³/mol. The first-order chi connectivity index (χ1) is 9.49. The number of aliphatic hydroxyl groups is 1. The van der Waals surface area contributed by atoms with Crippen LogP contribution in [0.2, 0.25) is 0 Å². The number of halogens is 4. The van der Waals surface area contributed by atoms with Crippen LogP contribution in [0.1, 0.15) is 11.7 Å². The summed E-state index contributed by atoms with van der Waals surface area (Å²) in [5, 5.41) is 12.6. The van der Waals surface area contributed by atoms with Crippen LogP contribution in [0.15, 0.2) is 40.9 Å². The molecule has 0 aliphatic rings. The largest absolute Gasteiger partial charge is 0.386 e. The van der Waals surface area contributed by atoms with E-state index in [0.717, 1.165) is 12.1 Å². The van der Waals surface area contributed by atoms with Crippen molar-refractivity contribution in [2.24, 2.45) is 0 Å².